The second-order valence-corrected chi connectivity index (χ2v) is 6.47. The standard InChI is InChI=1S/C20H29NO/c1-4-6-8-16(5-2)11-10-15(3)18-13-12-17-9-7-14-21-19(17)20(18)22/h7,9,12-16,22H,4-6,8,10-11H2,1-3H3. The van der Waals surface area contributed by atoms with Gasteiger partial charge >= 0.3 is 0 Å². The fraction of sp³-hybridized carbons (Fsp3) is 0.550. The molecule has 2 nitrogen and oxygen atoms in total. The molecule has 0 saturated heterocycles. The normalized spacial score (nSPS) is 14.1. The van der Waals surface area contributed by atoms with Gasteiger partial charge < -0.3 is 5.11 Å². The van der Waals surface area contributed by atoms with Crippen LogP contribution in [0, 0.1) is 5.92 Å². The van der Waals surface area contributed by atoms with Gasteiger partial charge in [0.1, 0.15) is 11.3 Å². The van der Waals surface area contributed by atoms with E-state index in [0.29, 0.717) is 11.7 Å². The van der Waals surface area contributed by atoms with E-state index >= 15 is 0 Å². The lowest BCUT2D eigenvalue weighted by Gasteiger charge is -2.19. The van der Waals surface area contributed by atoms with Gasteiger partial charge in [-0.05, 0) is 36.3 Å². The van der Waals surface area contributed by atoms with Crippen molar-refractivity contribution in [3.63, 3.8) is 0 Å². The van der Waals surface area contributed by atoms with Gasteiger partial charge in [-0.2, -0.15) is 0 Å². The van der Waals surface area contributed by atoms with E-state index in [-0.39, 0.29) is 0 Å². The van der Waals surface area contributed by atoms with Crippen molar-refractivity contribution in [1.82, 2.24) is 4.98 Å². The van der Waals surface area contributed by atoms with Gasteiger partial charge in [0.05, 0.1) is 0 Å². The maximum absolute atomic E-state index is 10.5. The summed E-state index contributed by atoms with van der Waals surface area (Å²) in [7, 11) is 0. The van der Waals surface area contributed by atoms with Crippen molar-refractivity contribution in [2.75, 3.05) is 0 Å². The van der Waals surface area contributed by atoms with E-state index in [0.717, 1.165) is 28.8 Å². The first-order valence-corrected chi connectivity index (χ1v) is 8.73. The number of phenolic OH excluding ortho intramolecular Hbond substituents is 1. The highest BCUT2D eigenvalue weighted by Crippen LogP contribution is 2.35. The van der Waals surface area contributed by atoms with E-state index in [9.17, 15) is 5.11 Å². The quantitative estimate of drug-likeness (QED) is 0.644. The fourth-order valence-corrected chi connectivity index (χ4v) is 3.23. The molecule has 2 heteroatoms. The molecule has 0 fully saturated rings. The first-order valence-electron chi connectivity index (χ1n) is 8.73. The summed E-state index contributed by atoms with van der Waals surface area (Å²) in [6, 6.07) is 8.04. The van der Waals surface area contributed by atoms with Gasteiger partial charge in [0.15, 0.2) is 0 Å². The minimum Gasteiger partial charge on any atom is -0.505 e. The Morgan fingerprint density at radius 3 is 2.64 bits per heavy atom. The minimum atomic E-state index is 0.368. The van der Waals surface area contributed by atoms with Crippen LogP contribution in [-0.4, -0.2) is 10.1 Å². The van der Waals surface area contributed by atoms with E-state index in [2.05, 4.69) is 37.9 Å². The Bertz CT molecular complexity index is 593. The molecule has 0 aliphatic heterocycles. The summed E-state index contributed by atoms with van der Waals surface area (Å²) in [6.07, 6.45) is 9.34. The number of unbranched alkanes of at least 4 members (excludes halogenated alkanes) is 1. The molecule has 1 heterocycles. The minimum absolute atomic E-state index is 0.368. The van der Waals surface area contributed by atoms with E-state index in [4.69, 9.17) is 0 Å². The average molecular weight is 299 g/mol. The topological polar surface area (TPSA) is 33.1 Å². The number of aromatic hydroxyl groups is 1. The molecular weight excluding hydrogens is 270 g/mol. The van der Waals surface area contributed by atoms with Crippen molar-refractivity contribution in [1.29, 1.82) is 0 Å². The summed E-state index contributed by atoms with van der Waals surface area (Å²) in [5.74, 6) is 1.57. The number of hydrogen-bond acceptors (Lipinski definition) is 2. The molecule has 2 atom stereocenters. The lowest BCUT2D eigenvalue weighted by atomic mass is 9.87. The number of rotatable bonds is 8. The number of nitrogens with zero attached hydrogens (tertiary/aromatic N) is 1. The Morgan fingerprint density at radius 2 is 1.91 bits per heavy atom. The third-order valence-electron chi connectivity index (χ3n) is 4.86. The van der Waals surface area contributed by atoms with Crippen molar-refractivity contribution in [2.24, 2.45) is 5.92 Å². The largest absolute Gasteiger partial charge is 0.505 e. The highest BCUT2D eigenvalue weighted by Gasteiger charge is 2.15. The summed E-state index contributed by atoms with van der Waals surface area (Å²) >= 11 is 0. The van der Waals surface area contributed by atoms with Crippen molar-refractivity contribution < 1.29 is 5.11 Å². The number of hydrogen-bond donors (Lipinski definition) is 1. The third-order valence-corrected chi connectivity index (χ3v) is 4.86. The summed E-state index contributed by atoms with van der Waals surface area (Å²) < 4.78 is 0. The maximum atomic E-state index is 10.5. The van der Waals surface area contributed by atoms with Gasteiger partial charge in [-0.25, -0.2) is 0 Å². The monoisotopic (exact) mass is 299 g/mol. The number of phenols is 1. The first kappa shape index (κ1) is 16.8. The zero-order valence-corrected chi connectivity index (χ0v) is 14.2. The lowest BCUT2D eigenvalue weighted by molar-refractivity contribution is 0.392. The van der Waals surface area contributed by atoms with Crippen LogP contribution in [0.1, 0.15) is 70.8 Å². The predicted molar refractivity (Wildman–Crippen MR) is 94.4 cm³/mol. The molecule has 2 unspecified atom stereocenters. The molecule has 0 bridgehead atoms. The lowest BCUT2D eigenvalue weighted by Crippen LogP contribution is -2.03. The van der Waals surface area contributed by atoms with E-state index in [1.807, 2.05) is 12.1 Å². The number of benzene rings is 1. The van der Waals surface area contributed by atoms with Crippen LogP contribution >= 0.6 is 0 Å². The maximum Gasteiger partial charge on any atom is 0.145 e. The summed E-state index contributed by atoms with van der Waals surface area (Å²) in [5, 5.41) is 11.5. The molecule has 1 N–H and O–H groups in total. The molecule has 0 aliphatic carbocycles. The molecule has 0 radical (unpaired) electrons. The molecule has 22 heavy (non-hydrogen) atoms. The van der Waals surface area contributed by atoms with Crippen LogP contribution in [0.5, 0.6) is 5.75 Å². The number of aromatic nitrogens is 1. The molecule has 0 amide bonds. The van der Waals surface area contributed by atoms with Crippen LogP contribution in [0.2, 0.25) is 0 Å². The summed E-state index contributed by atoms with van der Waals surface area (Å²) in [4.78, 5) is 4.33. The van der Waals surface area contributed by atoms with Gasteiger partial charge in [0, 0.05) is 11.6 Å². The zero-order valence-electron chi connectivity index (χ0n) is 14.2. The van der Waals surface area contributed by atoms with Crippen molar-refractivity contribution in [2.45, 2.75) is 65.2 Å². The summed E-state index contributed by atoms with van der Waals surface area (Å²) in [6.45, 7) is 6.77. The molecular formula is C20H29NO. The Kier molecular flexibility index (Phi) is 6.23. The Morgan fingerprint density at radius 1 is 1.09 bits per heavy atom. The zero-order chi connectivity index (χ0) is 15.9. The van der Waals surface area contributed by atoms with Gasteiger partial charge in [-0.1, -0.05) is 64.7 Å². The fourth-order valence-electron chi connectivity index (χ4n) is 3.23. The Balaban J connectivity index is 2.06. The van der Waals surface area contributed by atoms with E-state index < -0.39 is 0 Å². The van der Waals surface area contributed by atoms with Crippen LogP contribution in [0.15, 0.2) is 30.5 Å². The second-order valence-electron chi connectivity index (χ2n) is 6.47. The van der Waals surface area contributed by atoms with Crippen LogP contribution in [0.25, 0.3) is 10.9 Å². The molecule has 0 saturated carbocycles. The van der Waals surface area contributed by atoms with E-state index in [1.165, 1.54) is 32.1 Å². The van der Waals surface area contributed by atoms with Gasteiger partial charge in [-0.15, -0.1) is 0 Å². The number of pyridine rings is 1. The molecule has 2 aromatic rings. The average Bonchev–Trinajstić information content (AvgIpc) is 2.55. The SMILES string of the molecule is CCCCC(CC)CCC(C)c1ccc2cccnc2c1O. The predicted octanol–water partition coefficient (Wildman–Crippen LogP) is 6.04. The number of fused-ring (bicyclic) bond motifs is 1. The van der Waals surface area contributed by atoms with Crippen molar-refractivity contribution in [3.8, 4) is 5.75 Å². The Hall–Kier alpha value is -1.57. The molecule has 0 spiro atoms. The molecule has 120 valence electrons. The Labute approximate surface area is 134 Å². The van der Waals surface area contributed by atoms with Gasteiger partial charge in [0.25, 0.3) is 0 Å². The third kappa shape index (κ3) is 4.00. The van der Waals surface area contributed by atoms with Crippen molar-refractivity contribution >= 4 is 10.9 Å². The molecule has 2 rings (SSSR count). The van der Waals surface area contributed by atoms with Crippen LogP contribution in [-0.2, 0) is 0 Å². The highest BCUT2D eigenvalue weighted by atomic mass is 16.3. The van der Waals surface area contributed by atoms with Crippen LogP contribution in [0.4, 0.5) is 0 Å². The van der Waals surface area contributed by atoms with E-state index in [1.54, 1.807) is 6.20 Å². The molecule has 0 aliphatic rings. The van der Waals surface area contributed by atoms with Crippen molar-refractivity contribution in [3.05, 3.63) is 36.0 Å². The van der Waals surface area contributed by atoms with Crippen LogP contribution < -0.4 is 0 Å². The smallest absolute Gasteiger partial charge is 0.145 e. The van der Waals surface area contributed by atoms with Crippen LogP contribution in [0.3, 0.4) is 0 Å². The summed E-state index contributed by atoms with van der Waals surface area (Å²) in [5.41, 5.74) is 1.77. The highest BCUT2D eigenvalue weighted by molar-refractivity contribution is 5.85. The first-order chi connectivity index (χ1) is 10.7. The molecule has 1 aromatic carbocycles. The van der Waals surface area contributed by atoms with Gasteiger partial charge in [-0.3, -0.25) is 4.98 Å². The second kappa shape index (κ2) is 8.17. The molecule has 1 aromatic heterocycles. The van der Waals surface area contributed by atoms with Gasteiger partial charge in [0.2, 0.25) is 0 Å².